The van der Waals surface area contributed by atoms with Crippen LogP contribution >= 0.6 is 0 Å². The number of hydrogen-bond donors (Lipinski definition) is 1. The maximum absolute atomic E-state index is 12.8. The average Bonchev–Trinajstić information content (AvgIpc) is 2.63. The number of aldehydes is 1. The van der Waals surface area contributed by atoms with Crippen LogP contribution in [0.5, 0.6) is 0 Å². The highest BCUT2D eigenvalue weighted by Gasteiger charge is 2.11. The lowest BCUT2D eigenvalue weighted by atomic mass is 10.1. The molecule has 1 N–H and O–H groups in total. The number of benzene rings is 2. The zero-order valence-electron chi connectivity index (χ0n) is 14.5. The Bertz CT molecular complexity index is 959. The van der Waals surface area contributed by atoms with E-state index in [1.807, 2.05) is 18.2 Å². The van der Waals surface area contributed by atoms with Gasteiger partial charge in [-0.25, -0.2) is 4.98 Å². The van der Waals surface area contributed by atoms with Crippen molar-refractivity contribution in [1.29, 1.82) is 0 Å². The van der Waals surface area contributed by atoms with Gasteiger partial charge in [0.25, 0.3) is 5.56 Å². The summed E-state index contributed by atoms with van der Waals surface area (Å²) in [5.41, 5.74) is 3.61. The number of fused-ring (bicyclic) bond motifs is 1. The van der Waals surface area contributed by atoms with Gasteiger partial charge in [0.15, 0.2) is 0 Å². The van der Waals surface area contributed by atoms with Crippen LogP contribution in [0.25, 0.3) is 10.9 Å². The van der Waals surface area contributed by atoms with Crippen LogP contribution in [-0.2, 0) is 24.3 Å². The first-order chi connectivity index (χ1) is 12.1. The Labute approximate surface area is 146 Å². The summed E-state index contributed by atoms with van der Waals surface area (Å²) in [6.07, 6.45) is 1.73. The Morgan fingerprint density at radius 3 is 2.52 bits per heavy atom. The summed E-state index contributed by atoms with van der Waals surface area (Å²) in [5.74, 6) is 0.539. The van der Waals surface area contributed by atoms with Crippen LogP contribution in [0.1, 0.15) is 23.9 Å². The lowest BCUT2D eigenvalue weighted by molar-refractivity contribution is -0.108. The van der Waals surface area contributed by atoms with Crippen LogP contribution in [0.4, 0.5) is 5.69 Å². The first-order valence-electron chi connectivity index (χ1n) is 8.39. The van der Waals surface area contributed by atoms with Crippen LogP contribution in [0.15, 0.2) is 47.3 Å². The summed E-state index contributed by atoms with van der Waals surface area (Å²) < 4.78 is 1.40. The predicted molar refractivity (Wildman–Crippen MR) is 100.0 cm³/mol. The minimum absolute atomic E-state index is 0.0143. The van der Waals surface area contributed by atoms with Crippen molar-refractivity contribution in [2.45, 2.75) is 33.4 Å². The fourth-order valence-electron chi connectivity index (χ4n) is 2.90. The summed E-state index contributed by atoms with van der Waals surface area (Å²) in [5, 5.41) is 3.84. The SMILES string of the molecule is CCc1ccc(CNc2cccc3nc(C)n(CC=O)c(=O)c23)cc1. The molecule has 5 nitrogen and oxygen atoms in total. The minimum Gasteiger partial charge on any atom is -0.380 e. The summed E-state index contributed by atoms with van der Waals surface area (Å²) in [6.45, 7) is 4.49. The fourth-order valence-corrected chi connectivity index (χ4v) is 2.90. The monoisotopic (exact) mass is 335 g/mol. The Morgan fingerprint density at radius 2 is 1.84 bits per heavy atom. The van der Waals surface area contributed by atoms with Crippen LogP contribution in [0.3, 0.4) is 0 Å². The highest BCUT2D eigenvalue weighted by atomic mass is 16.1. The number of nitrogens with zero attached hydrogens (tertiary/aromatic N) is 2. The molecule has 0 atom stereocenters. The van der Waals surface area contributed by atoms with E-state index in [9.17, 15) is 9.59 Å². The summed E-state index contributed by atoms with van der Waals surface area (Å²) in [6, 6.07) is 14.0. The Morgan fingerprint density at radius 1 is 1.12 bits per heavy atom. The quantitative estimate of drug-likeness (QED) is 0.703. The molecule has 0 amide bonds. The molecule has 0 aliphatic heterocycles. The molecule has 1 aromatic heterocycles. The van der Waals surface area contributed by atoms with Crippen molar-refractivity contribution >= 4 is 22.9 Å². The Hall–Kier alpha value is -2.95. The molecule has 25 heavy (non-hydrogen) atoms. The first-order valence-corrected chi connectivity index (χ1v) is 8.39. The predicted octanol–water partition coefficient (Wildman–Crippen LogP) is 3.08. The number of hydrogen-bond acceptors (Lipinski definition) is 4. The zero-order valence-corrected chi connectivity index (χ0v) is 14.5. The maximum Gasteiger partial charge on any atom is 0.263 e. The van der Waals surface area contributed by atoms with Crippen molar-refractivity contribution < 1.29 is 4.79 Å². The van der Waals surface area contributed by atoms with E-state index in [0.29, 0.717) is 29.6 Å². The maximum atomic E-state index is 12.8. The van der Waals surface area contributed by atoms with Gasteiger partial charge < -0.3 is 10.1 Å². The van der Waals surface area contributed by atoms with Crippen LogP contribution in [0.2, 0.25) is 0 Å². The molecule has 0 unspecified atom stereocenters. The molecule has 0 aliphatic carbocycles. The third-order valence-corrected chi connectivity index (χ3v) is 4.35. The number of nitrogens with one attached hydrogen (secondary N) is 1. The van der Waals surface area contributed by atoms with Gasteiger partial charge in [-0.15, -0.1) is 0 Å². The normalized spacial score (nSPS) is 10.8. The van der Waals surface area contributed by atoms with E-state index < -0.39 is 0 Å². The third-order valence-electron chi connectivity index (χ3n) is 4.35. The minimum atomic E-state index is -0.195. The standard InChI is InChI=1S/C20H21N3O2/c1-3-15-7-9-16(10-8-15)13-21-17-5-4-6-18-19(17)20(25)23(11-12-24)14(2)22-18/h4-10,12,21H,3,11,13H2,1-2H3. The first kappa shape index (κ1) is 16.9. The highest BCUT2D eigenvalue weighted by molar-refractivity contribution is 5.90. The van der Waals surface area contributed by atoms with E-state index in [2.05, 4.69) is 41.5 Å². The largest absolute Gasteiger partial charge is 0.380 e. The van der Waals surface area contributed by atoms with Crippen LogP contribution in [0, 0.1) is 6.92 Å². The van der Waals surface area contributed by atoms with Crippen LogP contribution in [-0.4, -0.2) is 15.8 Å². The summed E-state index contributed by atoms with van der Waals surface area (Å²) >= 11 is 0. The summed E-state index contributed by atoms with van der Waals surface area (Å²) in [4.78, 5) is 28.1. The van der Waals surface area contributed by atoms with Gasteiger partial charge in [0, 0.05) is 12.2 Å². The van der Waals surface area contributed by atoms with E-state index in [1.54, 1.807) is 6.92 Å². The molecule has 128 valence electrons. The van der Waals surface area contributed by atoms with E-state index in [1.165, 1.54) is 10.1 Å². The average molecular weight is 335 g/mol. The van der Waals surface area contributed by atoms with Crippen molar-refractivity contribution in [3.8, 4) is 0 Å². The molecule has 0 saturated heterocycles. The van der Waals surface area contributed by atoms with E-state index in [-0.39, 0.29) is 12.1 Å². The topological polar surface area (TPSA) is 64.0 Å². The number of aromatic nitrogens is 2. The van der Waals surface area contributed by atoms with Gasteiger partial charge >= 0.3 is 0 Å². The fraction of sp³-hybridized carbons (Fsp3) is 0.250. The lowest BCUT2D eigenvalue weighted by Gasteiger charge is -2.12. The van der Waals surface area contributed by atoms with Gasteiger partial charge in [0.2, 0.25) is 0 Å². The molecule has 3 aromatic rings. The third kappa shape index (κ3) is 3.45. The van der Waals surface area contributed by atoms with Crippen molar-refractivity contribution in [3.63, 3.8) is 0 Å². The molecule has 0 spiro atoms. The van der Waals surface area contributed by atoms with Crippen molar-refractivity contribution in [1.82, 2.24) is 9.55 Å². The molecule has 0 bridgehead atoms. The second-order valence-corrected chi connectivity index (χ2v) is 5.96. The molecule has 2 aromatic carbocycles. The van der Waals surface area contributed by atoms with Gasteiger partial charge in [0.05, 0.1) is 17.4 Å². The lowest BCUT2D eigenvalue weighted by Crippen LogP contribution is -2.25. The van der Waals surface area contributed by atoms with Gasteiger partial charge in [-0.05, 0) is 36.6 Å². The number of rotatable bonds is 6. The summed E-state index contributed by atoms with van der Waals surface area (Å²) in [7, 11) is 0. The van der Waals surface area contributed by atoms with Crippen LogP contribution < -0.4 is 10.9 Å². The zero-order chi connectivity index (χ0) is 17.8. The van der Waals surface area contributed by atoms with E-state index >= 15 is 0 Å². The molecule has 0 radical (unpaired) electrons. The second-order valence-electron chi connectivity index (χ2n) is 5.96. The second kappa shape index (κ2) is 7.30. The molecule has 3 rings (SSSR count). The van der Waals surface area contributed by atoms with E-state index in [4.69, 9.17) is 0 Å². The van der Waals surface area contributed by atoms with Crippen molar-refractivity contribution in [2.75, 3.05) is 5.32 Å². The van der Waals surface area contributed by atoms with Gasteiger partial charge in [-0.3, -0.25) is 9.36 Å². The highest BCUT2D eigenvalue weighted by Crippen LogP contribution is 2.20. The molecule has 5 heteroatoms. The van der Waals surface area contributed by atoms with Gasteiger partial charge in [-0.1, -0.05) is 37.3 Å². The Kier molecular flexibility index (Phi) is 4.93. The van der Waals surface area contributed by atoms with E-state index in [0.717, 1.165) is 17.7 Å². The van der Waals surface area contributed by atoms with Crippen molar-refractivity contribution in [3.05, 3.63) is 69.8 Å². The van der Waals surface area contributed by atoms with Gasteiger partial charge in [-0.2, -0.15) is 0 Å². The number of carbonyl (C=O) groups excluding carboxylic acids is 1. The molecule has 1 heterocycles. The van der Waals surface area contributed by atoms with Gasteiger partial charge in [0.1, 0.15) is 12.1 Å². The molecular formula is C20H21N3O2. The number of anilines is 1. The number of carbonyl (C=O) groups is 1. The molecule has 0 aliphatic rings. The molecular weight excluding hydrogens is 314 g/mol. The smallest absolute Gasteiger partial charge is 0.263 e. The Balaban J connectivity index is 1.96. The number of aryl methyl sites for hydroxylation is 2. The van der Waals surface area contributed by atoms with Crippen molar-refractivity contribution in [2.24, 2.45) is 0 Å². The molecule has 0 saturated carbocycles. The molecule has 0 fully saturated rings.